The summed E-state index contributed by atoms with van der Waals surface area (Å²) in [7, 11) is 0. The van der Waals surface area contributed by atoms with Crippen LogP contribution in [0.2, 0.25) is 0 Å². The van der Waals surface area contributed by atoms with Crippen molar-refractivity contribution in [3.05, 3.63) is 82.7 Å². The third-order valence-corrected chi connectivity index (χ3v) is 5.47. The fraction of sp³-hybridized carbons (Fsp3) is 0.0455. The van der Waals surface area contributed by atoms with Gasteiger partial charge in [0, 0.05) is 16.6 Å². The lowest BCUT2D eigenvalue weighted by molar-refractivity contribution is 0.0995. The summed E-state index contributed by atoms with van der Waals surface area (Å²) in [6, 6.07) is 18.4. The Balaban J connectivity index is 1.79. The number of anilines is 1. The van der Waals surface area contributed by atoms with Crippen molar-refractivity contribution in [2.75, 3.05) is 5.32 Å². The average Bonchev–Trinajstić information content (AvgIpc) is 3.23. The number of rotatable bonds is 4. The lowest BCUT2D eigenvalue weighted by Gasteiger charge is -2.13. The molecule has 28 heavy (non-hydrogen) atoms. The Morgan fingerprint density at radius 1 is 1.00 bits per heavy atom. The van der Waals surface area contributed by atoms with Crippen LogP contribution in [0.5, 0.6) is 0 Å². The number of nitrogens with two attached hydrogens (primary N) is 1. The topological polar surface area (TPSA) is 85.1 Å². The number of hydrogen-bond donors (Lipinski definition) is 2. The highest BCUT2D eigenvalue weighted by molar-refractivity contribution is 7.13. The highest BCUT2D eigenvalue weighted by Gasteiger charge is 2.16. The minimum atomic E-state index is -0.525. The molecule has 0 bridgehead atoms. The molecule has 2 aromatic heterocycles. The Labute approximate surface area is 165 Å². The summed E-state index contributed by atoms with van der Waals surface area (Å²) in [5.74, 6) is -0.788. The molecule has 0 saturated carbocycles. The van der Waals surface area contributed by atoms with Crippen molar-refractivity contribution >= 4 is 39.7 Å². The van der Waals surface area contributed by atoms with Crippen LogP contribution in [0.3, 0.4) is 0 Å². The molecule has 4 rings (SSSR count). The molecule has 0 atom stereocenters. The zero-order valence-electron chi connectivity index (χ0n) is 15.1. The second-order valence-electron chi connectivity index (χ2n) is 6.35. The molecular formula is C22H17N3O2S. The van der Waals surface area contributed by atoms with E-state index in [1.54, 1.807) is 42.5 Å². The van der Waals surface area contributed by atoms with Crippen LogP contribution >= 0.6 is 11.3 Å². The summed E-state index contributed by atoms with van der Waals surface area (Å²) in [6.07, 6.45) is 0. The molecule has 3 N–H and O–H groups in total. The molecule has 0 spiro atoms. The predicted molar refractivity (Wildman–Crippen MR) is 113 cm³/mol. The van der Waals surface area contributed by atoms with Crippen LogP contribution in [-0.2, 0) is 0 Å². The minimum absolute atomic E-state index is 0.263. The van der Waals surface area contributed by atoms with Gasteiger partial charge in [-0.25, -0.2) is 4.98 Å². The Morgan fingerprint density at radius 3 is 2.57 bits per heavy atom. The first-order chi connectivity index (χ1) is 13.5. The number of primary amides is 1. The number of carbonyl (C=O) groups excluding carboxylic acids is 2. The number of benzene rings is 2. The summed E-state index contributed by atoms with van der Waals surface area (Å²) in [6.45, 7) is 1.76. The Morgan fingerprint density at radius 2 is 1.82 bits per heavy atom. The second kappa shape index (κ2) is 7.25. The normalized spacial score (nSPS) is 10.8. The van der Waals surface area contributed by atoms with E-state index >= 15 is 0 Å². The molecule has 5 nitrogen and oxygen atoms in total. The van der Waals surface area contributed by atoms with Crippen LogP contribution in [0.25, 0.3) is 21.5 Å². The summed E-state index contributed by atoms with van der Waals surface area (Å²) in [5.41, 5.74) is 9.02. The summed E-state index contributed by atoms with van der Waals surface area (Å²) in [5, 5.41) is 5.66. The van der Waals surface area contributed by atoms with Crippen molar-refractivity contribution in [2.45, 2.75) is 6.92 Å². The second-order valence-corrected chi connectivity index (χ2v) is 7.29. The molecule has 0 aliphatic carbocycles. The van der Waals surface area contributed by atoms with Gasteiger partial charge >= 0.3 is 0 Å². The van der Waals surface area contributed by atoms with E-state index in [2.05, 4.69) is 5.32 Å². The molecule has 6 heteroatoms. The first kappa shape index (κ1) is 17.9. The molecule has 2 heterocycles. The predicted octanol–water partition coefficient (Wildman–Crippen LogP) is 4.62. The molecule has 0 aliphatic heterocycles. The van der Waals surface area contributed by atoms with Crippen molar-refractivity contribution in [3.8, 4) is 10.6 Å². The molecule has 0 fully saturated rings. The van der Waals surface area contributed by atoms with Crippen LogP contribution in [0.1, 0.15) is 26.3 Å². The first-order valence-corrected chi connectivity index (χ1v) is 9.57. The number of aromatic nitrogens is 1. The standard InChI is InChI=1S/C22H17N3O2S/c1-13-14(21(23)26)7-4-9-17(13)25-22(27)16-12-19(20-10-5-11-28-20)24-18-8-3-2-6-15(16)18/h2-12H,1H3,(H2,23,26)(H,25,27). The van der Waals surface area contributed by atoms with Crippen LogP contribution in [0.15, 0.2) is 66.0 Å². The number of nitrogens with one attached hydrogen (secondary N) is 1. The van der Waals surface area contributed by atoms with E-state index in [4.69, 9.17) is 10.7 Å². The molecule has 0 saturated heterocycles. The number of hydrogen-bond acceptors (Lipinski definition) is 4. The molecule has 0 unspecified atom stereocenters. The van der Waals surface area contributed by atoms with Crippen molar-refractivity contribution in [1.29, 1.82) is 0 Å². The quantitative estimate of drug-likeness (QED) is 0.536. The monoisotopic (exact) mass is 387 g/mol. The number of thiophene rings is 1. The van der Waals surface area contributed by atoms with Gasteiger partial charge < -0.3 is 11.1 Å². The maximum atomic E-state index is 13.1. The first-order valence-electron chi connectivity index (χ1n) is 8.69. The number of pyridine rings is 1. The Bertz CT molecular complexity index is 1200. The average molecular weight is 387 g/mol. The van der Waals surface area contributed by atoms with E-state index in [9.17, 15) is 9.59 Å². The van der Waals surface area contributed by atoms with Gasteiger partial charge in [0.1, 0.15) is 0 Å². The fourth-order valence-corrected chi connectivity index (χ4v) is 3.83. The third-order valence-electron chi connectivity index (χ3n) is 4.58. The lowest BCUT2D eigenvalue weighted by Crippen LogP contribution is -2.17. The van der Waals surface area contributed by atoms with Gasteiger partial charge in [0.25, 0.3) is 5.91 Å². The largest absolute Gasteiger partial charge is 0.366 e. The van der Waals surface area contributed by atoms with E-state index in [-0.39, 0.29) is 5.91 Å². The highest BCUT2D eigenvalue weighted by Crippen LogP contribution is 2.29. The molecule has 2 aromatic carbocycles. The van der Waals surface area contributed by atoms with Gasteiger partial charge in [-0.05, 0) is 48.2 Å². The van der Waals surface area contributed by atoms with Gasteiger partial charge in [0.05, 0.1) is 21.7 Å². The summed E-state index contributed by atoms with van der Waals surface area (Å²) in [4.78, 5) is 30.4. The van der Waals surface area contributed by atoms with Crippen molar-refractivity contribution in [3.63, 3.8) is 0 Å². The van der Waals surface area contributed by atoms with Gasteiger partial charge in [0.2, 0.25) is 5.91 Å². The molecule has 4 aromatic rings. The summed E-state index contributed by atoms with van der Waals surface area (Å²) < 4.78 is 0. The smallest absolute Gasteiger partial charge is 0.256 e. The number of carbonyl (C=O) groups is 2. The zero-order chi connectivity index (χ0) is 19.7. The molecule has 138 valence electrons. The van der Waals surface area contributed by atoms with E-state index in [1.807, 2.05) is 41.8 Å². The molecule has 0 aliphatic rings. The number of fused-ring (bicyclic) bond motifs is 1. The van der Waals surface area contributed by atoms with Gasteiger partial charge in [-0.2, -0.15) is 0 Å². The SMILES string of the molecule is Cc1c(NC(=O)c2cc(-c3cccs3)nc3ccccc23)cccc1C(N)=O. The lowest BCUT2D eigenvalue weighted by atomic mass is 10.0. The van der Waals surface area contributed by atoms with Crippen molar-refractivity contribution in [2.24, 2.45) is 5.73 Å². The molecular weight excluding hydrogens is 370 g/mol. The van der Waals surface area contributed by atoms with Gasteiger partial charge in [-0.1, -0.05) is 30.3 Å². The maximum absolute atomic E-state index is 13.1. The Kier molecular flexibility index (Phi) is 4.63. The highest BCUT2D eigenvalue weighted by atomic mass is 32.1. The molecule has 2 amide bonds. The van der Waals surface area contributed by atoms with E-state index < -0.39 is 5.91 Å². The van der Waals surface area contributed by atoms with E-state index in [0.29, 0.717) is 22.4 Å². The maximum Gasteiger partial charge on any atom is 0.256 e. The number of nitrogens with zero attached hydrogens (tertiary/aromatic N) is 1. The van der Waals surface area contributed by atoms with Crippen molar-refractivity contribution < 1.29 is 9.59 Å². The number of amides is 2. The summed E-state index contributed by atoms with van der Waals surface area (Å²) >= 11 is 1.57. The van der Waals surface area contributed by atoms with Gasteiger partial charge in [0.15, 0.2) is 0 Å². The van der Waals surface area contributed by atoms with E-state index in [0.717, 1.165) is 21.5 Å². The van der Waals surface area contributed by atoms with E-state index in [1.165, 1.54) is 0 Å². The molecule has 0 radical (unpaired) electrons. The zero-order valence-corrected chi connectivity index (χ0v) is 15.9. The van der Waals surface area contributed by atoms with Crippen LogP contribution in [-0.4, -0.2) is 16.8 Å². The van der Waals surface area contributed by atoms with Gasteiger partial charge in [-0.15, -0.1) is 11.3 Å². The fourth-order valence-electron chi connectivity index (χ4n) is 3.14. The third kappa shape index (κ3) is 3.25. The van der Waals surface area contributed by atoms with Crippen LogP contribution in [0.4, 0.5) is 5.69 Å². The van der Waals surface area contributed by atoms with Gasteiger partial charge in [-0.3, -0.25) is 9.59 Å². The van der Waals surface area contributed by atoms with Crippen LogP contribution < -0.4 is 11.1 Å². The number of para-hydroxylation sites is 1. The minimum Gasteiger partial charge on any atom is -0.366 e. The Hall–Kier alpha value is -3.51. The van der Waals surface area contributed by atoms with Crippen LogP contribution in [0, 0.1) is 6.92 Å². The van der Waals surface area contributed by atoms with Crippen molar-refractivity contribution in [1.82, 2.24) is 4.98 Å².